The van der Waals surface area contributed by atoms with Crippen LogP contribution < -0.4 is 5.32 Å². The number of halogens is 1. The molecule has 1 amide bonds. The van der Waals surface area contributed by atoms with Crippen molar-refractivity contribution >= 4 is 27.9 Å². The predicted octanol–water partition coefficient (Wildman–Crippen LogP) is 3.78. The van der Waals surface area contributed by atoms with E-state index in [0.29, 0.717) is 6.54 Å². The minimum absolute atomic E-state index is 0.0910. The van der Waals surface area contributed by atoms with E-state index in [-0.39, 0.29) is 5.91 Å². The van der Waals surface area contributed by atoms with Gasteiger partial charge < -0.3 is 5.32 Å². The van der Waals surface area contributed by atoms with Crippen LogP contribution in [0.25, 0.3) is 6.08 Å². The van der Waals surface area contributed by atoms with E-state index in [0.717, 1.165) is 15.6 Å². The molecule has 96 valence electrons. The lowest BCUT2D eigenvalue weighted by Gasteiger charge is -2.01. The van der Waals surface area contributed by atoms with Crippen LogP contribution in [0.1, 0.15) is 11.1 Å². The van der Waals surface area contributed by atoms with Crippen LogP contribution in [0.4, 0.5) is 0 Å². The Morgan fingerprint density at radius 2 is 1.74 bits per heavy atom. The molecule has 0 radical (unpaired) electrons. The van der Waals surface area contributed by atoms with Crippen molar-refractivity contribution in [2.75, 3.05) is 0 Å². The van der Waals surface area contributed by atoms with Gasteiger partial charge in [0.1, 0.15) is 0 Å². The number of benzene rings is 2. The van der Waals surface area contributed by atoms with Gasteiger partial charge in [-0.3, -0.25) is 4.79 Å². The second-order valence-electron chi connectivity index (χ2n) is 4.09. The molecule has 0 aliphatic heterocycles. The van der Waals surface area contributed by atoms with Crippen molar-refractivity contribution in [3.8, 4) is 0 Å². The van der Waals surface area contributed by atoms with Gasteiger partial charge in [-0.05, 0) is 29.3 Å². The number of rotatable bonds is 4. The van der Waals surface area contributed by atoms with Crippen LogP contribution in [0.2, 0.25) is 0 Å². The first-order chi connectivity index (χ1) is 9.24. The molecule has 2 aromatic carbocycles. The molecule has 0 spiro atoms. The van der Waals surface area contributed by atoms with E-state index in [1.807, 2.05) is 54.6 Å². The standard InChI is InChI=1S/C16H14BrNO/c17-15-9-6-13(7-10-15)8-11-16(19)18-12-14-4-2-1-3-5-14/h1-11H,12H2,(H,18,19). The number of carbonyl (C=O) groups is 1. The molecule has 2 rings (SSSR count). The highest BCUT2D eigenvalue weighted by Gasteiger charge is 1.96. The van der Waals surface area contributed by atoms with E-state index >= 15 is 0 Å². The summed E-state index contributed by atoms with van der Waals surface area (Å²) in [7, 11) is 0. The zero-order chi connectivity index (χ0) is 13.5. The van der Waals surface area contributed by atoms with Crippen molar-refractivity contribution in [3.05, 3.63) is 76.3 Å². The molecule has 0 aliphatic rings. The van der Waals surface area contributed by atoms with E-state index in [9.17, 15) is 4.79 Å². The lowest BCUT2D eigenvalue weighted by Crippen LogP contribution is -2.20. The first-order valence-electron chi connectivity index (χ1n) is 5.99. The minimum atomic E-state index is -0.0910. The Morgan fingerprint density at radius 3 is 2.42 bits per heavy atom. The van der Waals surface area contributed by atoms with Crippen LogP contribution in [-0.2, 0) is 11.3 Å². The molecule has 2 aromatic rings. The topological polar surface area (TPSA) is 29.1 Å². The summed E-state index contributed by atoms with van der Waals surface area (Å²) in [5.74, 6) is -0.0910. The molecule has 19 heavy (non-hydrogen) atoms. The van der Waals surface area contributed by atoms with Crippen molar-refractivity contribution in [1.82, 2.24) is 5.32 Å². The molecule has 1 N–H and O–H groups in total. The maximum absolute atomic E-state index is 11.6. The number of hydrogen-bond donors (Lipinski definition) is 1. The van der Waals surface area contributed by atoms with Gasteiger partial charge in [0.2, 0.25) is 5.91 Å². The molecule has 0 aromatic heterocycles. The number of nitrogens with one attached hydrogen (secondary N) is 1. The minimum Gasteiger partial charge on any atom is -0.348 e. The third-order valence-electron chi connectivity index (χ3n) is 2.61. The van der Waals surface area contributed by atoms with Crippen LogP contribution in [-0.4, -0.2) is 5.91 Å². The largest absolute Gasteiger partial charge is 0.348 e. The first kappa shape index (κ1) is 13.6. The molecule has 3 heteroatoms. The first-order valence-corrected chi connectivity index (χ1v) is 6.79. The SMILES string of the molecule is O=C(C=Cc1ccc(Br)cc1)NCc1ccccc1. The number of carbonyl (C=O) groups excluding carboxylic acids is 1. The summed E-state index contributed by atoms with van der Waals surface area (Å²) >= 11 is 3.37. The van der Waals surface area contributed by atoms with Gasteiger partial charge in [-0.15, -0.1) is 0 Å². The van der Waals surface area contributed by atoms with Gasteiger partial charge in [-0.25, -0.2) is 0 Å². The van der Waals surface area contributed by atoms with Gasteiger partial charge in [0.05, 0.1) is 0 Å². The van der Waals surface area contributed by atoms with E-state index in [1.165, 1.54) is 0 Å². The fraction of sp³-hybridized carbons (Fsp3) is 0.0625. The summed E-state index contributed by atoms with van der Waals surface area (Å²) in [4.78, 5) is 11.6. The van der Waals surface area contributed by atoms with E-state index in [2.05, 4.69) is 21.2 Å². The summed E-state index contributed by atoms with van der Waals surface area (Å²) in [6.45, 7) is 0.546. The summed E-state index contributed by atoms with van der Waals surface area (Å²) in [5, 5.41) is 2.85. The Kier molecular flexibility index (Phi) is 4.93. The second kappa shape index (κ2) is 6.90. The smallest absolute Gasteiger partial charge is 0.244 e. The molecule has 2 nitrogen and oxygen atoms in total. The zero-order valence-corrected chi connectivity index (χ0v) is 11.9. The summed E-state index contributed by atoms with van der Waals surface area (Å²) in [6, 6.07) is 17.6. The summed E-state index contributed by atoms with van der Waals surface area (Å²) in [6.07, 6.45) is 3.35. The average molecular weight is 316 g/mol. The van der Waals surface area contributed by atoms with Crippen LogP contribution >= 0.6 is 15.9 Å². The molecular formula is C16H14BrNO. The average Bonchev–Trinajstić information content (AvgIpc) is 2.45. The van der Waals surface area contributed by atoms with Crippen LogP contribution in [0.3, 0.4) is 0 Å². The van der Waals surface area contributed by atoms with Gasteiger partial charge >= 0.3 is 0 Å². The summed E-state index contributed by atoms with van der Waals surface area (Å²) < 4.78 is 1.03. The van der Waals surface area contributed by atoms with Gasteiger partial charge in [0.25, 0.3) is 0 Å². The molecule has 0 heterocycles. The fourth-order valence-electron chi connectivity index (χ4n) is 1.59. The van der Waals surface area contributed by atoms with Crippen molar-refractivity contribution in [2.24, 2.45) is 0 Å². The van der Waals surface area contributed by atoms with E-state index in [4.69, 9.17) is 0 Å². The Hall–Kier alpha value is -1.87. The molecule has 0 bridgehead atoms. The Morgan fingerprint density at radius 1 is 1.05 bits per heavy atom. The van der Waals surface area contributed by atoms with E-state index < -0.39 is 0 Å². The number of amides is 1. The Balaban J connectivity index is 1.86. The van der Waals surface area contributed by atoms with Crippen LogP contribution in [0, 0.1) is 0 Å². The van der Waals surface area contributed by atoms with Crippen molar-refractivity contribution in [1.29, 1.82) is 0 Å². The van der Waals surface area contributed by atoms with Crippen LogP contribution in [0.5, 0.6) is 0 Å². The molecular weight excluding hydrogens is 302 g/mol. The normalized spacial score (nSPS) is 10.6. The van der Waals surface area contributed by atoms with Gasteiger partial charge in [0, 0.05) is 17.1 Å². The highest BCUT2D eigenvalue weighted by Crippen LogP contribution is 2.11. The molecule has 0 atom stereocenters. The van der Waals surface area contributed by atoms with Crippen LogP contribution in [0.15, 0.2) is 65.1 Å². The summed E-state index contributed by atoms with van der Waals surface area (Å²) in [5.41, 5.74) is 2.09. The lowest BCUT2D eigenvalue weighted by molar-refractivity contribution is -0.116. The molecule has 0 unspecified atom stereocenters. The highest BCUT2D eigenvalue weighted by molar-refractivity contribution is 9.10. The maximum atomic E-state index is 11.6. The lowest BCUT2D eigenvalue weighted by atomic mass is 10.2. The maximum Gasteiger partial charge on any atom is 0.244 e. The van der Waals surface area contributed by atoms with Gasteiger partial charge in [-0.1, -0.05) is 58.4 Å². The van der Waals surface area contributed by atoms with E-state index in [1.54, 1.807) is 12.2 Å². The predicted molar refractivity (Wildman–Crippen MR) is 81.5 cm³/mol. The molecule has 0 saturated carbocycles. The molecule has 0 aliphatic carbocycles. The van der Waals surface area contributed by atoms with Crippen molar-refractivity contribution in [3.63, 3.8) is 0 Å². The quantitative estimate of drug-likeness (QED) is 0.855. The zero-order valence-electron chi connectivity index (χ0n) is 10.3. The highest BCUT2D eigenvalue weighted by atomic mass is 79.9. The van der Waals surface area contributed by atoms with Gasteiger partial charge in [-0.2, -0.15) is 0 Å². The fourth-order valence-corrected chi connectivity index (χ4v) is 1.85. The Labute approximate surface area is 121 Å². The molecule has 0 saturated heterocycles. The molecule has 0 fully saturated rings. The van der Waals surface area contributed by atoms with Crippen molar-refractivity contribution in [2.45, 2.75) is 6.54 Å². The Bertz CT molecular complexity index is 561. The number of hydrogen-bond acceptors (Lipinski definition) is 1. The van der Waals surface area contributed by atoms with Crippen molar-refractivity contribution < 1.29 is 4.79 Å². The monoisotopic (exact) mass is 315 g/mol. The second-order valence-corrected chi connectivity index (χ2v) is 5.00. The van der Waals surface area contributed by atoms with Gasteiger partial charge in [0.15, 0.2) is 0 Å². The third kappa shape index (κ3) is 4.72. The third-order valence-corrected chi connectivity index (χ3v) is 3.14.